The molecule has 3 heteroatoms. The fourth-order valence-electron chi connectivity index (χ4n) is 3.12. The summed E-state index contributed by atoms with van der Waals surface area (Å²) in [7, 11) is 3.37. The summed E-state index contributed by atoms with van der Waals surface area (Å²) in [5.41, 5.74) is 6.31. The van der Waals surface area contributed by atoms with Crippen molar-refractivity contribution in [3.8, 4) is 11.5 Å². The van der Waals surface area contributed by atoms with Gasteiger partial charge in [0.15, 0.2) is 0 Å². The highest BCUT2D eigenvalue weighted by Crippen LogP contribution is 2.25. The Hall–Kier alpha value is -2.45. The number of methoxy groups -OCH3 is 2. The van der Waals surface area contributed by atoms with Crippen LogP contribution in [0, 0.1) is 0 Å². The third kappa shape index (κ3) is 4.39. The minimum Gasteiger partial charge on any atom is -0.497 e. The molecule has 0 amide bonds. The first-order valence-corrected chi connectivity index (χ1v) is 9.18. The van der Waals surface area contributed by atoms with Crippen LogP contribution in [0.4, 0.5) is 0 Å². The van der Waals surface area contributed by atoms with Gasteiger partial charge in [0.05, 0.1) is 14.2 Å². The van der Waals surface area contributed by atoms with Gasteiger partial charge in [-0.2, -0.15) is 0 Å². The first-order chi connectivity index (χ1) is 12.7. The second kappa shape index (κ2) is 8.77. The van der Waals surface area contributed by atoms with Crippen LogP contribution in [0.2, 0.25) is 0 Å². The number of hydrogen-bond acceptors (Lipinski definition) is 2. The molecule has 3 aromatic carbocycles. The molecule has 0 aliphatic carbocycles. The van der Waals surface area contributed by atoms with Crippen LogP contribution >= 0.6 is 11.6 Å². The highest BCUT2D eigenvalue weighted by Gasteiger charge is 2.10. The maximum Gasteiger partial charge on any atom is 0.118 e. The lowest BCUT2D eigenvalue weighted by Gasteiger charge is -2.15. The highest BCUT2D eigenvalue weighted by atomic mass is 35.5. The van der Waals surface area contributed by atoms with Gasteiger partial charge in [-0.3, -0.25) is 0 Å². The Morgan fingerprint density at radius 2 is 1.15 bits per heavy atom. The first-order valence-electron chi connectivity index (χ1n) is 8.65. The molecule has 0 atom stereocenters. The van der Waals surface area contributed by atoms with Crippen molar-refractivity contribution in [2.45, 2.75) is 18.7 Å². The van der Waals surface area contributed by atoms with Gasteiger partial charge in [-0.05, 0) is 64.9 Å². The molecule has 0 aliphatic heterocycles. The molecule has 2 nitrogen and oxygen atoms in total. The standard InChI is InChI=1S/C23H23ClO2/c1-25-21-10-6-17(7-11-21)14-19-4-3-5-20(16-24)23(19)15-18-8-12-22(26-2)13-9-18/h3-13H,14-16H2,1-2H3. The lowest BCUT2D eigenvalue weighted by molar-refractivity contribution is 0.414. The van der Waals surface area contributed by atoms with Crippen molar-refractivity contribution in [1.82, 2.24) is 0 Å². The van der Waals surface area contributed by atoms with Crippen molar-refractivity contribution >= 4 is 11.6 Å². The Balaban J connectivity index is 1.89. The molecular formula is C23H23ClO2. The van der Waals surface area contributed by atoms with Crippen LogP contribution in [0.15, 0.2) is 66.7 Å². The average Bonchev–Trinajstić information content (AvgIpc) is 2.70. The molecule has 0 fully saturated rings. The summed E-state index contributed by atoms with van der Waals surface area (Å²) in [4.78, 5) is 0. The zero-order chi connectivity index (χ0) is 18.4. The van der Waals surface area contributed by atoms with Crippen molar-refractivity contribution < 1.29 is 9.47 Å². The molecule has 0 N–H and O–H groups in total. The SMILES string of the molecule is COc1ccc(Cc2cccc(CCl)c2Cc2ccc(OC)cc2)cc1. The van der Waals surface area contributed by atoms with E-state index in [0.717, 1.165) is 24.3 Å². The van der Waals surface area contributed by atoms with Gasteiger partial charge in [-0.1, -0.05) is 42.5 Å². The van der Waals surface area contributed by atoms with Crippen molar-refractivity contribution in [1.29, 1.82) is 0 Å². The maximum absolute atomic E-state index is 6.22. The van der Waals surface area contributed by atoms with Crippen LogP contribution in [-0.2, 0) is 18.7 Å². The van der Waals surface area contributed by atoms with Gasteiger partial charge in [0.2, 0.25) is 0 Å². The Kier molecular flexibility index (Phi) is 6.19. The molecule has 26 heavy (non-hydrogen) atoms. The van der Waals surface area contributed by atoms with E-state index in [-0.39, 0.29) is 0 Å². The number of hydrogen-bond donors (Lipinski definition) is 0. The van der Waals surface area contributed by atoms with Gasteiger partial charge in [-0.15, -0.1) is 11.6 Å². The Bertz CT molecular complexity index is 839. The van der Waals surface area contributed by atoms with Crippen LogP contribution in [0.5, 0.6) is 11.5 Å². The van der Waals surface area contributed by atoms with Crippen molar-refractivity contribution in [2.24, 2.45) is 0 Å². The maximum atomic E-state index is 6.22. The normalized spacial score (nSPS) is 10.6. The van der Waals surface area contributed by atoms with Crippen LogP contribution in [0.25, 0.3) is 0 Å². The van der Waals surface area contributed by atoms with E-state index in [2.05, 4.69) is 42.5 Å². The van der Waals surface area contributed by atoms with E-state index < -0.39 is 0 Å². The van der Waals surface area contributed by atoms with Crippen molar-refractivity contribution in [3.05, 3.63) is 94.5 Å². The van der Waals surface area contributed by atoms with Crippen LogP contribution in [0.1, 0.15) is 27.8 Å². The molecule has 134 valence electrons. The second-order valence-corrected chi connectivity index (χ2v) is 6.51. The van der Waals surface area contributed by atoms with Crippen LogP contribution in [0.3, 0.4) is 0 Å². The van der Waals surface area contributed by atoms with Crippen molar-refractivity contribution in [2.75, 3.05) is 14.2 Å². The summed E-state index contributed by atoms with van der Waals surface area (Å²) in [5.74, 6) is 2.27. The van der Waals surface area contributed by atoms with E-state index in [4.69, 9.17) is 21.1 Å². The smallest absolute Gasteiger partial charge is 0.118 e. The Morgan fingerprint density at radius 1 is 0.654 bits per heavy atom. The lowest BCUT2D eigenvalue weighted by Crippen LogP contribution is -2.01. The van der Waals surface area contributed by atoms with E-state index in [1.807, 2.05) is 24.3 Å². The molecule has 0 bridgehead atoms. The predicted octanol–water partition coefficient (Wildman–Crippen LogP) is 5.62. The molecule has 3 aromatic rings. The molecule has 0 unspecified atom stereocenters. The largest absolute Gasteiger partial charge is 0.497 e. The fourth-order valence-corrected chi connectivity index (χ4v) is 3.37. The van der Waals surface area contributed by atoms with E-state index >= 15 is 0 Å². The molecule has 0 aromatic heterocycles. The summed E-state index contributed by atoms with van der Waals surface area (Å²) in [6.45, 7) is 0. The van der Waals surface area contributed by atoms with E-state index in [1.54, 1.807) is 14.2 Å². The minimum absolute atomic E-state index is 0.516. The molecule has 0 saturated carbocycles. The quantitative estimate of drug-likeness (QED) is 0.505. The molecular weight excluding hydrogens is 344 g/mol. The third-order valence-electron chi connectivity index (χ3n) is 4.61. The highest BCUT2D eigenvalue weighted by molar-refractivity contribution is 6.17. The molecule has 0 saturated heterocycles. The zero-order valence-corrected chi connectivity index (χ0v) is 15.9. The second-order valence-electron chi connectivity index (χ2n) is 6.24. The first kappa shape index (κ1) is 18.3. The summed E-state index contributed by atoms with van der Waals surface area (Å²) >= 11 is 6.22. The van der Waals surface area contributed by atoms with Gasteiger partial charge in [0.1, 0.15) is 11.5 Å². The fraction of sp³-hybridized carbons (Fsp3) is 0.217. The summed E-state index contributed by atoms with van der Waals surface area (Å²) in [6, 6.07) is 22.9. The Morgan fingerprint density at radius 3 is 1.65 bits per heavy atom. The average molecular weight is 367 g/mol. The molecule has 0 radical (unpaired) electrons. The summed E-state index contributed by atoms with van der Waals surface area (Å²) in [6.07, 6.45) is 1.73. The molecule has 3 rings (SSSR count). The summed E-state index contributed by atoms with van der Waals surface area (Å²) in [5, 5.41) is 0. The van der Waals surface area contributed by atoms with Gasteiger partial charge in [0.25, 0.3) is 0 Å². The van der Waals surface area contributed by atoms with E-state index in [1.165, 1.54) is 27.8 Å². The molecule has 0 spiro atoms. The van der Waals surface area contributed by atoms with E-state index in [0.29, 0.717) is 5.88 Å². The number of rotatable bonds is 7. The zero-order valence-electron chi connectivity index (χ0n) is 15.2. The number of halogens is 1. The monoisotopic (exact) mass is 366 g/mol. The van der Waals surface area contributed by atoms with Gasteiger partial charge >= 0.3 is 0 Å². The van der Waals surface area contributed by atoms with Crippen LogP contribution in [-0.4, -0.2) is 14.2 Å². The van der Waals surface area contributed by atoms with Gasteiger partial charge in [0, 0.05) is 5.88 Å². The predicted molar refractivity (Wildman–Crippen MR) is 108 cm³/mol. The van der Waals surface area contributed by atoms with Gasteiger partial charge in [-0.25, -0.2) is 0 Å². The topological polar surface area (TPSA) is 18.5 Å². The third-order valence-corrected chi connectivity index (χ3v) is 4.90. The lowest BCUT2D eigenvalue weighted by atomic mass is 9.92. The van der Waals surface area contributed by atoms with Crippen molar-refractivity contribution in [3.63, 3.8) is 0 Å². The molecule has 0 aliphatic rings. The van der Waals surface area contributed by atoms with E-state index in [9.17, 15) is 0 Å². The minimum atomic E-state index is 0.516. The Labute approximate surface area is 160 Å². The number of ether oxygens (including phenoxy) is 2. The number of alkyl halides is 1. The number of benzene rings is 3. The summed E-state index contributed by atoms with van der Waals surface area (Å²) < 4.78 is 10.5. The van der Waals surface area contributed by atoms with Gasteiger partial charge < -0.3 is 9.47 Å². The molecule has 0 heterocycles. The van der Waals surface area contributed by atoms with Crippen LogP contribution < -0.4 is 9.47 Å².